The standard InChI is InChI=1S/C14H28N2O3P/c1-4-7-9-15-11-12-16(14-15)10-8-13-20(17,18-5-2)19-6-3/h11-12,14H,4-10,13H2,1-3H3/q+1. The van der Waals surface area contributed by atoms with E-state index in [1.807, 2.05) is 13.8 Å². The van der Waals surface area contributed by atoms with Crippen molar-refractivity contribution in [2.45, 2.75) is 53.1 Å². The summed E-state index contributed by atoms with van der Waals surface area (Å²) in [6.45, 7) is 8.62. The van der Waals surface area contributed by atoms with Crippen molar-refractivity contribution >= 4 is 7.60 Å². The van der Waals surface area contributed by atoms with Crippen LogP contribution in [0.15, 0.2) is 18.7 Å². The van der Waals surface area contributed by atoms with E-state index in [-0.39, 0.29) is 0 Å². The molecule has 0 fully saturated rings. The van der Waals surface area contributed by atoms with Crippen molar-refractivity contribution < 1.29 is 18.2 Å². The van der Waals surface area contributed by atoms with Gasteiger partial charge in [0.05, 0.1) is 32.5 Å². The van der Waals surface area contributed by atoms with Crippen LogP contribution in [0.1, 0.15) is 40.0 Å². The molecule has 1 aromatic heterocycles. The maximum absolute atomic E-state index is 12.3. The fourth-order valence-corrected chi connectivity index (χ4v) is 3.70. The van der Waals surface area contributed by atoms with Crippen molar-refractivity contribution in [2.24, 2.45) is 0 Å². The van der Waals surface area contributed by atoms with E-state index in [0.717, 1.165) is 19.5 Å². The van der Waals surface area contributed by atoms with E-state index in [2.05, 4.69) is 34.8 Å². The monoisotopic (exact) mass is 303 g/mol. The van der Waals surface area contributed by atoms with Crippen LogP contribution in [0.2, 0.25) is 0 Å². The fourth-order valence-electron chi connectivity index (χ4n) is 2.05. The van der Waals surface area contributed by atoms with E-state index >= 15 is 0 Å². The van der Waals surface area contributed by atoms with Crippen molar-refractivity contribution in [1.29, 1.82) is 0 Å². The third-order valence-corrected chi connectivity index (χ3v) is 5.18. The average molecular weight is 303 g/mol. The van der Waals surface area contributed by atoms with Gasteiger partial charge in [-0.25, -0.2) is 9.13 Å². The topological polar surface area (TPSA) is 44.3 Å². The second-order valence-electron chi connectivity index (χ2n) is 4.77. The third kappa shape index (κ3) is 6.21. The molecule has 0 unspecified atom stereocenters. The molecule has 116 valence electrons. The minimum Gasteiger partial charge on any atom is -0.309 e. The van der Waals surface area contributed by atoms with E-state index in [1.54, 1.807) is 0 Å². The van der Waals surface area contributed by atoms with Gasteiger partial charge in [-0.2, -0.15) is 0 Å². The van der Waals surface area contributed by atoms with Crippen molar-refractivity contribution in [3.05, 3.63) is 18.7 Å². The second-order valence-corrected chi connectivity index (χ2v) is 6.95. The number of hydrogen-bond acceptors (Lipinski definition) is 3. The van der Waals surface area contributed by atoms with Gasteiger partial charge in [0.1, 0.15) is 12.4 Å². The Bertz CT molecular complexity index is 410. The lowest BCUT2D eigenvalue weighted by Gasteiger charge is -2.16. The molecule has 0 spiro atoms. The fraction of sp³-hybridized carbons (Fsp3) is 0.786. The van der Waals surface area contributed by atoms with Crippen LogP contribution in [0.25, 0.3) is 0 Å². The van der Waals surface area contributed by atoms with Crippen molar-refractivity contribution in [3.63, 3.8) is 0 Å². The van der Waals surface area contributed by atoms with Gasteiger partial charge < -0.3 is 9.05 Å². The molecular weight excluding hydrogens is 275 g/mol. The molecule has 6 heteroatoms. The lowest BCUT2D eigenvalue weighted by Crippen LogP contribution is -2.31. The molecule has 0 aliphatic rings. The van der Waals surface area contributed by atoms with E-state index < -0.39 is 7.60 Å². The Labute approximate surface area is 122 Å². The van der Waals surface area contributed by atoms with Crippen molar-refractivity contribution in [1.82, 2.24) is 4.57 Å². The number of unbranched alkanes of at least 4 members (excludes halogenated alkanes) is 1. The van der Waals surface area contributed by atoms with Gasteiger partial charge in [0, 0.05) is 0 Å². The Balaban J connectivity index is 2.38. The summed E-state index contributed by atoms with van der Waals surface area (Å²) in [5.41, 5.74) is 0. The average Bonchev–Trinajstić information content (AvgIpc) is 2.85. The summed E-state index contributed by atoms with van der Waals surface area (Å²) in [4.78, 5) is 0. The van der Waals surface area contributed by atoms with Gasteiger partial charge in [-0.05, 0) is 26.7 Å². The molecule has 0 N–H and O–H groups in total. The van der Waals surface area contributed by atoms with E-state index in [0.29, 0.717) is 19.4 Å². The minimum atomic E-state index is -2.89. The summed E-state index contributed by atoms with van der Waals surface area (Å²) in [6.07, 6.45) is 9.90. The summed E-state index contributed by atoms with van der Waals surface area (Å²) in [5.74, 6) is 0. The Hall–Kier alpha value is -0.640. The molecule has 0 aliphatic carbocycles. The summed E-state index contributed by atoms with van der Waals surface area (Å²) in [6, 6.07) is 0. The molecule has 0 saturated heterocycles. The van der Waals surface area contributed by atoms with Gasteiger partial charge in [-0.1, -0.05) is 13.3 Å². The highest BCUT2D eigenvalue weighted by molar-refractivity contribution is 7.53. The smallest absolute Gasteiger partial charge is 0.309 e. The zero-order valence-electron chi connectivity index (χ0n) is 13.0. The number of rotatable bonds is 11. The van der Waals surface area contributed by atoms with Gasteiger partial charge in [0.2, 0.25) is 6.33 Å². The molecule has 0 amide bonds. The maximum Gasteiger partial charge on any atom is 0.330 e. The molecule has 1 heterocycles. The van der Waals surface area contributed by atoms with E-state index in [1.165, 1.54) is 12.8 Å². The zero-order chi connectivity index (χ0) is 14.8. The molecule has 0 aromatic carbocycles. The normalized spacial score (nSPS) is 11.9. The van der Waals surface area contributed by atoms with Crippen molar-refractivity contribution in [3.8, 4) is 0 Å². The Morgan fingerprint density at radius 3 is 2.45 bits per heavy atom. The molecule has 5 nitrogen and oxygen atoms in total. The summed E-state index contributed by atoms with van der Waals surface area (Å²) in [5, 5.41) is 0. The molecule has 20 heavy (non-hydrogen) atoms. The first-order valence-electron chi connectivity index (χ1n) is 7.56. The highest BCUT2D eigenvalue weighted by Crippen LogP contribution is 2.48. The molecule has 1 rings (SSSR count). The summed E-state index contributed by atoms with van der Waals surface area (Å²) in [7, 11) is -2.89. The number of aryl methyl sites for hydroxylation is 2. The van der Waals surface area contributed by atoms with Crippen LogP contribution in [0.4, 0.5) is 0 Å². The second kappa shape index (κ2) is 9.32. The number of imidazole rings is 1. The maximum atomic E-state index is 12.3. The third-order valence-electron chi connectivity index (χ3n) is 3.02. The van der Waals surface area contributed by atoms with Gasteiger partial charge >= 0.3 is 7.60 Å². The highest BCUT2D eigenvalue weighted by Gasteiger charge is 2.23. The predicted octanol–water partition coefficient (Wildman–Crippen LogP) is 3.23. The first-order valence-corrected chi connectivity index (χ1v) is 9.29. The van der Waals surface area contributed by atoms with Gasteiger partial charge in [0.15, 0.2) is 0 Å². The van der Waals surface area contributed by atoms with E-state index in [9.17, 15) is 4.57 Å². The van der Waals surface area contributed by atoms with Crippen LogP contribution in [0, 0.1) is 0 Å². The largest absolute Gasteiger partial charge is 0.330 e. The van der Waals surface area contributed by atoms with Gasteiger partial charge in [-0.3, -0.25) is 4.57 Å². The molecule has 0 saturated carbocycles. The van der Waals surface area contributed by atoms with Gasteiger partial charge in [-0.15, -0.1) is 0 Å². The molecule has 0 radical (unpaired) electrons. The lowest BCUT2D eigenvalue weighted by atomic mass is 10.3. The molecule has 1 aromatic rings. The van der Waals surface area contributed by atoms with Crippen LogP contribution >= 0.6 is 7.60 Å². The lowest BCUT2D eigenvalue weighted by molar-refractivity contribution is -0.696. The number of aromatic nitrogens is 2. The predicted molar refractivity (Wildman–Crippen MR) is 79.9 cm³/mol. The molecular formula is C14H28N2O3P+. The van der Waals surface area contributed by atoms with E-state index in [4.69, 9.17) is 9.05 Å². The first-order chi connectivity index (χ1) is 9.63. The Morgan fingerprint density at radius 2 is 1.85 bits per heavy atom. The summed E-state index contributed by atoms with van der Waals surface area (Å²) >= 11 is 0. The molecule has 0 atom stereocenters. The highest BCUT2D eigenvalue weighted by atomic mass is 31.2. The zero-order valence-corrected chi connectivity index (χ0v) is 13.8. The SMILES string of the molecule is CCCCn1cc[n+](CCCP(=O)(OCC)OCC)c1. The summed E-state index contributed by atoms with van der Waals surface area (Å²) < 4.78 is 27.2. The molecule has 0 bridgehead atoms. The van der Waals surface area contributed by atoms with Crippen LogP contribution in [0.3, 0.4) is 0 Å². The molecule has 0 aliphatic heterocycles. The van der Waals surface area contributed by atoms with Crippen LogP contribution < -0.4 is 4.57 Å². The van der Waals surface area contributed by atoms with Crippen molar-refractivity contribution in [2.75, 3.05) is 19.4 Å². The Kier molecular flexibility index (Phi) is 8.12. The van der Waals surface area contributed by atoms with Crippen LogP contribution in [-0.4, -0.2) is 23.9 Å². The first kappa shape index (κ1) is 17.4. The van der Waals surface area contributed by atoms with Crippen LogP contribution in [-0.2, 0) is 26.7 Å². The van der Waals surface area contributed by atoms with Gasteiger partial charge in [0.25, 0.3) is 0 Å². The number of hydrogen-bond donors (Lipinski definition) is 0. The number of nitrogens with zero attached hydrogens (tertiary/aromatic N) is 2. The quantitative estimate of drug-likeness (QED) is 0.466. The van der Waals surface area contributed by atoms with Crippen LogP contribution in [0.5, 0.6) is 0 Å². The minimum absolute atomic E-state index is 0.428. The Morgan fingerprint density at radius 1 is 1.15 bits per heavy atom.